The molecule has 0 spiro atoms. The van der Waals surface area contributed by atoms with E-state index in [0.717, 1.165) is 28.7 Å². The predicted octanol–water partition coefficient (Wildman–Crippen LogP) is 4.82. The summed E-state index contributed by atoms with van der Waals surface area (Å²) < 4.78 is 2.03. The SMILES string of the molecule is CCn1c(SCc2ccc([N+](=O)[O-])cc2)nnc1-c1cccc(Cl)c1. The molecular weight excluding hydrogens is 360 g/mol. The molecule has 0 aliphatic rings. The predicted molar refractivity (Wildman–Crippen MR) is 98.8 cm³/mol. The molecule has 3 aromatic rings. The molecule has 2 aromatic carbocycles. The number of aromatic nitrogens is 3. The van der Waals surface area contributed by atoms with Crippen LogP contribution in [0.25, 0.3) is 11.4 Å². The van der Waals surface area contributed by atoms with Gasteiger partial charge in [-0.15, -0.1) is 10.2 Å². The molecule has 6 nitrogen and oxygen atoms in total. The Hall–Kier alpha value is -2.38. The van der Waals surface area contributed by atoms with Gasteiger partial charge in [0, 0.05) is 35.0 Å². The molecule has 8 heteroatoms. The van der Waals surface area contributed by atoms with Crippen LogP contribution in [0, 0.1) is 10.1 Å². The zero-order valence-electron chi connectivity index (χ0n) is 13.4. The fourth-order valence-electron chi connectivity index (χ4n) is 2.38. The van der Waals surface area contributed by atoms with Gasteiger partial charge in [0.2, 0.25) is 0 Å². The average Bonchev–Trinajstić information content (AvgIpc) is 3.03. The highest BCUT2D eigenvalue weighted by molar-refractivity contribution is 7.98. The van der Waals surface area contributed by atoms with Gasteiger partial charge in [0.1, 0.15) is 0 Å². The first-order chi connectivity index (χ1) is 12.1. The molecule has 0 bridgehead atoms. The third-order valence-corrected chi connectivity index (χ3v) is 4.90. The monoisotopic (exact) mass is 374 g/mol. The van der Waals surface area contributed by atoms with Crippen LogP contribution in [-0.4, -0.2) is 19.7 Å². The van der Waals surface area contributed by atoms with Crippen molar-refractivity contribution < 1.29 is 4.92 Å². The molecule has 0 saturated carbocycles. The Bertz CT molecular complexity index is 896. The Balaban J connectivity index is 1.78. The topological polar surface area (TPSA) is 73.8 Å². The van der Waals surface area contributed by atoms with Crippen molar-refractivity contribution in [2.45, 2.75) is 24.4 Å². The summed E-state index contributed by atoms with van der Waals surface area (Å²) in [4.78, 5) is 10.3. The minimum atomic E-state index is -0.401. The standard InChI is InChI=1S/C17H15ClN4O2S/c1-2-21-16(13-4-3-5-14(18)10-13)19-20-17(21)25-11-12-6-8-15(9-7-12)22(23)24/h3-10H,2,11H2,1H3. The number of hydrogen-bond donors (Lipinski definition) is 0. The van der Waals surface area contributed by atoms with E-state index in [1.54, 1.807) is 23.9 Å². The second-order valence-corrected chi connectivity index (χ2v) is 6.65. The van der Waals surface area contributed by atoms with Gasteiger partial charge >= 0.3 is 0 Å². The van der Waals surface area contributed by atoms with Crippen LogP contribution < -0.4 is 0 Å². The Morgan fingerprint density at radius 3 is 2.60 bits per heavy atom. The minimum absolute atomic E-state index is 0.0914. The molecule has 0 atom stereocenters. The van der Waals surface area contributed by atoms with Gasteiger partial charge in [-0.2, -0.15) is 0 Å². The van der Waals surface area contributed by atoms with Crippen molar-refractivity contribution in [3.05, 3.63) is 69.2 Å². The number of benzene rings is 2. The van der Waals surface area contributed by atoms with E-state index >= 15 is 0 Å². The van der Waals surface area contributed by atoms with Crippen molar-refractivity contribution in [3.63, 3.8) is 0 Å². The van der Waals surface area contributed by atoms with Crippen LogP contribution in [0.15, 0.2) is 53.7 Å². The zero-order chi connectivity index (χ0) is 17.8. The summed E-state index contributed by atoms with van der Waals surface area (Å²) in [7, 11) is 0. The number of halogens is 1. The fourth-order valence-corrected chi connectivity index (χ4v) is 3.53. The maximum atomic E-state index is 10.7. The van der Waals surface area contributed by atoms with Crippen LogP contribution in [0.5, 0.6) is 0 Å². The highest BCUT2D eigenvalue weighted by atomic mass is 35.5. The van der Waals surface area contributed by atoms with Crippen molar-refractivity contribution in [1.82, 2.24) is 14.8 Å². The zero-order valence-corrected chi connectivity index (χ0v) is 15.0. The summed E-state index contributed by atoms with van der Waals surface area (Å²) in [5.41, 5.74) is 2.00. The van der Waals surface area contributed by atoms with E-state index in [1.165, 1.54) is 12.1 Å². The van der Waals surface area contributed by atoms with Crippen molar-refractivity contribution in [1.29, 1.82) is 0 Å². The average molecular weight is 375 g/mol. The van der Waals surface area contributed by atoms with E-state index in [4.69, 9.17) is 11.6 Å². The number of nitrogens with zero attached hydrogens (tertiary/aromatic N) is 4. The van der Waals surface area contributed by atoms with Crippen LogP contribution in [0.4, 0.5) is 5.69 Å². The summed E-state index contributed by atoms with van der Waals surface area (Å²) >= 11 is 7.61. The second-order valence-electron chi connectivity index (χ2n) is 5.27. The maximum Gasteiger partial charge on any atom is 0.269 e. The Labute approximate surface area is 154 Å². The maximum absolute atomic E-state index is 10.7. The van der Waals surface area contributed by atoms with E-state index < -0.39 is 4.92 Å². The summed E-state index contributed by atoms with van der Waals surface area (Å²) in [5.74, 6) is 1.43. The van der Waals surface area contributed by atoms with Crippen LogP contribution in [0.1, 0.15) is 12.5 Å². The molecule has 1 heterocycles. The lowest BCUT2D eigenvalue weighted by Gasteiger charge is -2.07. The third-order valence-electron chi connectivity index (χ3n) is 3.63. The molecular formula is C17H15ClN4O2S. The summed E-state index contributed by atoms with van der Waals surface area (Å²) in [6.45, 7) is 2.77. The van der Waals surface area contributed by atoms with E-state index in [0.29, 0.717) is 10.8 Å². The van der Waals surface area contributed by atoms with Gasteiger partial charge in [-0.05, 0) is 24.6 Å². The van der Waals surface area contributed by atoms with Crippen molar-refractivity contribution >= 4 is 29.1 Å². The number of nitro benzene ring substituents is 1. The second kappa shape index (κ2) is 7.67. The summed E-state index contributed by atoms with van der Waals surface area (Å²) in [6.07, 6.45) is 0. The van der Waals surface area contributed by atoms with Crippen molar-refractivity contribution in [3.8, 4) is 11.4 Å². The largest absolute Gasteiger partial charge is 0.302 e. The molecule has 128 valence electrons. The molecule has 0 fully saturated rings. The highest BCUT2D eigenvalue weighted by Gasteiger charge is 2.14. The molecule has 0 amide bonds. The smallest absolute Gasteiger partial charge is 0.269 e. The van der Waals surface area contributed by atoms with Gasteiger partial charge in [0.05, 0.1) is 4.92 Å². The molecule has 0 aliphatic carbocycles. The number of rotatable bonds is 6. The Morgan fingerprint density at radius 2 is 1.96 bits per heavy atom. The molecule has 3 rings (SSSR count). The lowest BCUT2D eigenvalue weighted by Crippen LogP contribution is -2.00. The quantitative estimate of drug-likeness (QED) is 0.351. The van der Waals surface area contributed by atoms with Crippen molar-refractivity contribution in [2.75, 3.05) is 0 Å². The lowest BCUT2D eigenvalue weighted by atomic mass is 10.2. The molecule has 0 radical (unpaired) electrons. The number of nitro groups is 1. The first kappa shape index (κ1) is 17.4. The summed E-state index contributed by atoms with van der Waals surface area (Å²) in [6, 6.07) is 14.1. The number of hydrogen-bond acceptors (Lipinski definition) is 5. The lowest BCUT2D eigenvalue weighted by molar-refractivity contribution is -0.384. The fraction of sp³-hybridized carbons (Fsp3) is 0.176. The van der Waals surface area contributed by atoms with Crippen LogP contribution in [0.2, 0.25) is 5.02 Å². The van der Waals surface area contributed by atoms with Gasteiger partial charge in [-0.25, -0.2) is 0 Å². The van der Waals surface area contributed by atoms with Crippen LogP contribution in [0.3, 0.4) is 0 Å². The third kappa shape index (κ3) is 4.00. The normalized spacial score (nSPS) is 10.8. The van der Waals surface area contributed by atoms with Crippen molar-refractivity contribution in [2.24, 2.45) is 0 Å². The number of non-ortho nitro benzene ring substituents is 1. The van der Waals surface area contributed by atoms with Gasteiger partial charge in [0.15, 0.2) is 11.0 Å². The Kier molecular flexibility index (Phi) is 5.35. The van der Waals surface area contributed by atoms with Gasteiger partial charge in [0.25, 0.3) is 5.69 Å². The Morgan fingerprint density at radius 1 is 1.20 bits per heavy atom. The van der Waals surface area contributed by atoms with E-state index in [9.17, 15) is 10.1 Å². The van der Waals surface area contributed by atoms with Gasteiger partial charge in [-0.3, -0.25) is 10.1 Å². The van der Waals surface area contributed by atoms with E-state index in [-0.39, 0.29) is 5.69 Å². The minimum Gasteiger partial charge on any atom is -0.302 e. The first-order valence-electron chi connectivity index (χ1n) is 7.63. The van der Waals surface area contributed by atoms with E-state index in [1.807, 2.05) is 35.8 Å². The molecule has 0 saturated heterocycles. The molecule has 25 heavy (non-hydrogen) atoms. The van der Waals surface area contributed by atoms with Gasteiger partial charge < -0.3 is 4.57 Å². The highest BCUT2D eigenvalue weighted by Crippen LogP contribution is 2.28. The van der Waals surface area contributed by atoms with Crippen LogP contribution >= 0.6 is 23.4 Å². The molecule has 0 unspecified atom stereocenters. The summed E-state index contributed by atoms with van der Waals surface area (Å²) in [5, 5.41) is 20.7. The number of thioether (sulfide) groups is 1. The molecule has 0 N–H and O–H groups in total. The van der Waals surface area contributed by atoms with E-state index in [2.05, 4.69) is 10.2 Å². The molecule has 1 aromatic heterocycles. The molecule has 0 aliphatic heterocycles. The first-order valence-corrected chi connectivity index (χ1v) is 9.00. The van der Waals surface area contributed by atoms with Crippen LogP contribution in [-0.2, 0) is 12.3 Å². The van der Waals surface area contributed by atoms with Gasteiger partial charge in [-0.1, -0.05) is 47.6 Å².